The summed E-state index contributed by atoms with van der Waals surface area (Å²) in [6, 6.07) is 5.00. The van der Waals surface area contributed by atoms with Crippen molar-refractivity contribution in [3.05, 3.63) is 29.8 Å². The largest absolute Gasteiger partial charge is 0.508 e. The van der Waals surface area contributed by atoms with Gasteiger partial charge < -0.3 is 30.3 Å². The van der Waals surface area contributed by atoms with Gasteiger partial charge in [-0.15, -0.1) is 0 Å². The lowest BCUT2D eigenvalue weighted by atomic mass is 10.0. The van der Waals surface area contributed by atoms with Crippen molar-refractivity contribution in [3.8, 4) is 5.75 Å². The van der Waals surface area contributed by atoms with Gasteiger partial charge in [-0.1, -0.05) is 12.1 Å². The van der Waals surface area contributed by atoms with Gasteiger partial charge in [-0.25, -0.2) is 0 Å². The van der Waals surface area contributed by atoms with Gasteiger partial charge in [-0.3, -0.25) is 10.1 Å². The molecule has 0 radical (unpaired) electrons. The smallest absolute Gasteiger partial charge is 0.321 e. The van der Waals surface area contributed by atoms with Gasteiger partial charge in [0.1, 0.15) is 36.3 Å². The molecule has 1 aliphatic rings. The Bertz CT molecular complexity index is 506. The van der Waals surface area contributed by atoms with E-state index in [-0.39, 0.29) is 12.2 Å². The van der Waals surface area contributed by atoms with Crippen molar-refractivity contribution >= 4 is 5.97 Å². The summed E-state index contributed by atoms with van der Waals surface area (Å²) in [6.07, 6.45) is -4.58. The summed E-state index contributed by atoms with van der Waals surface area (Å²) in [4.78, 5) is 11.3. The SMILES string of the molecule is O=C(O)[C@H](Cc1ccc(O)cc1)NC1O[C@H](CO)[C@@H](O)[C@H]1O. The van der Waals surface area contributed by atoms with Gasteiger partial charge in [-0.05, 0) is 24.1 Å². The topological polar surface area (TPSA) is 139 Å². The van der Waals surface area contributed by atoms with Crippen LogP contribution in [0.2, 0.25) is 0 Å². The highest BCUT2D eigenvalue weighted by Gasteiger charge is 2.43. The number of phenols is 1. The molecule has 6 N–H and O–H groups in total. The summed E-state index contributed by atoms with van der Waals surface area (Å²) in [6.45, 7) is -0.480. The summed E-state index contributed by atoms with van der Waals surface area (Å²) in [7, 11) is 0. The molecule has 0 amide bonds. The van der Waals surface area contributed by atoms with Gasteiger partial charge in [0, 0.05) is 0 Å². The van der Waals surface area contributed by atoms with Gasteiger partial charge in [0.05, 0.1) is 6.61 Å². The van der Waals surface area contributed by atoms with Gasteiger partial charge in [0.2, 0.25) is 0 Å². The highest BCUT2D eigenvalue weighted by Crippen LogP contribution is 2.20. The monoisotopic (exact) mass is 313 g/mol. The Morgan fingerprint density at radius 3 is 2.36 bits per heavy atom. The highest BCUT2D eigenvalue weighted by molar-refractivity contribution is 5.74. The zero-order valence-corrected chi connectivity index (χ0v) is 11.7. The second-order valence-electron chi connectivity index (χ2n) is 5.19. The molecule has 2 rings (SSSR count). The minimum Gasteiger partial charge on any atom is -0.508 e. The van der Waals surface area contributed by atoms with E-state index in [9.17, 15) is 25.2 Å². The molecule has 122 valence electrons. The molecule has 0 aliphatic carbocycles. The van der Waals surface area contributed by atoms with E-state index in [1.54, 1.807) is 12.1 Å². The molecule has 1 aromatic carbocycles. The molecule has 1 heterocycles. The summed E-state index contributed by atoms with van der Waals surface area (Å²) in [5.74, 6) is -1.07. The first-order chi connectivity index (χ1) is 10.4. The van der Waals surface area contributed by atoms with E-state index in [1.807, 2.05) is 0 Å². The quantitative estimate of drug-likeness (QED) is 0.370. The number of phenolic OH excluding ortho intramolecular Hbond substituents is 1. The molecule has 8 heteroatoms. The van der Waals surface area contributed by atoms with E-state index < -0.39 is 43.2 Å². The molecule has 1 aliphatic heterocycles. The molecular weight excluding hydrogens is 294 g/mol. The van der Waals surface area contributed by atoms with E-state index in [0.29, 0.717) is 5.56 Å². The predicted octanol–water partition coefficient (Wildman–Crippen LogP) is -1.58. The summed E-state index contributed by atoms with van der Waals surface area (Å²) in [5, 5.41) is 49.6. The zero-order valence-electron chi connectivity index (χ0n) is 11.7. The average molecular weight is 313 g/mol. The van der Waals surface area contributed by atoms with E-state index in [0.717, 1.165) is 0 Å². The van der Waals surface area contributed by atoms with Crippen LogP contribution in [0.5, 0.6) is 5.75 Å². The van der Waals surface area contributed by atoms with Crippen LogP contribution >= 0.6 is 0 Å². The van der Waals surface area contributed by atoms with Crippen LogP contribution in [0, 0.1) is 0 Å². The second-order valence-corrected chi connectivity index (χ2v) is 5.19. The number of rotatable bonds is 6. The molecule has 22 heavy (non-hydrogen) atoms. The molecule has 0 spiro atoms. The van der Waals surface area contributed by atoms with Crippen molar-refractivity contribution in [1.82, 2.24) is 5.32 Å². The number of nitrogens with one attached hydrogen (secondary N) is 1. The molecule has 0 bridgehead atoms. The van der Waals surface area contributed by atoms with Crippen molar-refractivity contribution in [2.75, 3.05) is 6.61 Å². The van der Waals surface area contributed by atoms with Crippen molar-refractivity contribution < 1.29 is 35.1 Å². The highest BCUT2D eigenvalue weighted by atomic mass is 16.6. The summed E-state index contributed by atoms with van der Waals surface area (Å²) < 4.78 is 5.21. The number of ether oxygens (including phenoxy) is 1. The Hall–Kier alpha value is -1.71. The standard InChI is InChI=1S/C14H19NO7/c16-6-10-11(18)12(19)13(22-10)15-9(14(20)21)5-7-1-3-8(17)4-2-7/h1-4,9-13,15-19H,5-6H2,(H,20,21)/t9-,10+,11+,12+,13?/m0/s1. The van der Waals surface area contributed by atoms with Crippen LogP contribution in [0.25, 0.3) is 0 Å². The van der Waals surface area contributed by atoms with Crippen molar-refractivity contribution in [3.63, 3.8) is 0 Å². The molecule has 1 saturated heterocycles. The number of aliphatic carboxylic acids is 1. The Balaban J connectivity index is 2.03. The maximum atomic E-state index is 11.3. The minimum atomic E-state index is -1.33. The van der Waals surface area contributed by atoms with Crippen molar-refractivity contribution in [2.24, 2.45) is 0 Å². The van der Waals surface area contributed by atoms with Crippen LogP contribution in [0.15, 0.2) is 24.3 Å². The molecular formula is C14H19NO7. The first kappa shape index (κ1) is 16.7. The first-order valence-corrected chi connectivity index (χ1v) is 6.81. The van der Waals surface area contributed by atoms with Crippen LogP contribution in [0.3, 0.4) is 0 Å². The first-order valence-electron chi connectivity index (χ1n) is 6.81. The van der Waals surface area contributed by atoms with Crippen LogP contribution in [0.4, 0.5) is 0 Å². The van der Waals surface area contributed by atoms with Gasteiger partial charge in [0.15, 0.2) is 0 Å². The molecule has 0 saturated carbocycles. The lowest BCUT2D eigenvalue weighted by molar-refractivity contribution is -0.141. The number of aromatic hydroxyl groups is 1. The molecule has 0 aromatic heterocycles. The molecule has 1 unspecified atom stereocenters. The Morgan fingerprint density at radius 1 is 1.23 bits per heavy atom. The van der Waals surface area contributed by atoms with E-state index in [1.165, 1.54) is 12.1 Å². The number of benzene rings is 1. The number of hydrogen-bond acceptors (Lipinski definition) is 7. The van der Waals surface area contributed by atoms with Gasteiger partial charge >= 0.3 is 5.97 Å². The third kappa shape index (κ3) is 3.73. The maximum Gasteiger partial charge on any atom is 0.321 e. The minimum absolute atomic E-state index is 0.0760. The van der Waals surface area contributed by atoms with Crippen molar-refractivity contribution in [2.45, 2.75) is 37.0 Å². The number of carbonyl (C=O) groups is 1. The molecule has 8 nitrogen and oxygen atoms in total. The van der Waals surface area contributed by atoms with Gasteiger partial charge in [-0.2, -0.15) is 0 Å². The van der Waals surface area contributed by atoms with Crippen molar-refractivity contribution in [1.29, 1.82) is 0 Å². The van der Waals surface area contributed by atoms with E-state index in [4.69, 9.17) is 9.84 Å². The Morgan fingerprint density at radius 2 is 1.86 bits per heavy atom. The Kier molecular flexibility index (Phi) is 5.33. The van der Waals surface area contributed by atoms with Gasteiger partial charge in [0.25, 0.3) is 0 Å². The van der Waals surface area contributed by atoms with E-state index >= 15 is 0 Å². The summed E-state index contributed by atoms with van der Waals surface area (Å²) in [5.41, 5.74) is 0.671. The molecule has 1 fully saturated rings. The maximum absolute atomic E-state index is 11.3. The fourth-order valence-electron chi connectivity index (χ4n) is 2.32. The molecule has 5 atom stereocenters. The number of aliphatic hydroxyl groups is 3. The van der Waals surface area contributed by atoms with E-state index in [2.05, 4.69) is 5.32 Å². The Labute approximate surface area is 126 Å². The van der Waals surface area contributed by atoms with Crippen LogP contribution in [0.1, 0.15) is 5.56 Å². The number of aliphatic hydroxyl groups excluding tert-OH is 3. The lowest BCUT2D eigenvalue weighted by Gasteiger charge is -2.22. The predicted molar refractivity (Wildman–Crippen MR) is 74.1 cm³/mol. The fraction of sp³-hybridized carbons (Fsp3) is 0.500. The fourth-order valence-corrected chi connectivity index (χ4v) is 2.32. The third-order valence-corrected chi connectivity index (χ3v) is 3.58. The normalized spacial score (nSPS) is 29.4. The molecule has 1 aromatic rings. The zero-order chi connectivity index (χ0) is 16.3. The average Bonchev–Trinajstić information content (AvgIpc) is 2.76. The van der Waals surface area contributed by atoms with Crippen LogP contribution in [-0.4, -0.2) is 68.7 Å². The van der Waals surface area contributed by atoms with Crippen LogP contribution < -0.4 is 5.32 Å². The number of hydrogen-bond donors (Lipinski definition) is 6. The summed E-state index contributed by atoms with van der Waals surface area (Å²) >= 11 is 0. The van der Waals surface area contributed by atoms with Crippen LogP contribution in [-0.2, 0) is 16.0 Å². The third-order valence-electron chi connectivity index (χ3n) is 3.58. The second kappa shape index (κ2) is 7.03. The number of carboxylic acid groups (broad SMARTS) is 1. The number of carboxylic acids is 1. The lowest BCUT2D eigenvalue weighted by Crippen LogP contribution is -2.49.